The van der Waals surface area contributed by atoms with Crippen LogP contribution in [0.4, 0.5) is 5.69 Å². The molecule has 0 saturated heterocycles. The van der Waals surface area contributed by atoms with Gasteiger partial charge in [-0.15, -0.1) is 0 Å². The summed E-state index contributed by atoms with van der Waals surface area (Å²) >= 11 is 1.45. The number of amides is 1. The molecule has 21 heavy (non-hydrogen) atoms. The summed E-state index contributed by atoms with van der Waals surface area (Å²) in [4.78, 5) is 31.5. The number of benzene rings is 2. The predicted molar refractivity (Wildman–Crippen MR) is 79.6 cm³/mol. The number of ketones is 1. The molecule has 1 aromatic heterocycles. The zero-order chi connectivity index (χ0) is 14.4. The molecule has 1 amide bonds. The second-order valence-corrected chi connectivity index (χ2v) is 5.71. The van der Waals surface area contributed by atoms with Crippen molar-refractivity contribution in [2.24, 2.45) is 0 Å². The quantitative estimate of drug-likeness (QED) is 0.713. The molecule has 0 fully saturated rings. The Hall–Kier alpha value is -2.60. The Kier molecular flexibility index (Phi) is 2.58. The summed E-state index contributed by atoms with van der Waals surface area (Å²) in [5.74, 6) is -1.05. The minimum absolute atomic E-state index is 0.425. The van der Waals surface area contributed by atoms with Crippen LogP contribution in [-0.2, 0) is 4.79 Å². The number of carbonyl (C=O) groups is 2. The number of nitrogens with zero attached hydrogens (tertiary/aromatic N) is 1. The highest BCUT2D eigenvalue weighted by atomic mass is 32.2. The zero-order valence-electron chi connectivity index (χ0n) is 10.7. The van der Waals surface area contributed by atoms with Crippen molar-refractivity contribution in [2.45, 2.75) is 10.1 Å². The Labute approximate surface area is 123 Å². The molecule has 0 spiro atoms. The highest BCUT2D eigenvalue weighted by Gasteiger charge is 2.27. The van der Waals surface area contributed by atoms with Gasteiger partial charge in [-0.3, -0.25) is 9.59 Å². The van der Waals surface area contributed by atoms with E-state index in [1.54, 1.807) is 12.1 Å². The van der Waals surface area contributed by atoms with Gasteiger partial charge in [0, 0.05) is 4.90 Å². The van der Waals surface area contributed by atoms with Crippen LogP contribution in [0, 0.1) is 0 Å². The van der Waals surface area contributed by atoms with E-state index in [9.17, 15) is 9.59 Å². The van der Waals surface area contributed by atoms with Crippen LogP contribution in [0.25, 0.3) is 11.0 Å². The standard InChI is InChI=1S/C15H9N3O2S/c19-13-9-6-5-8(7-12(9)16-14(13)20)21-15-17-10-3-1-2-4-11(10)18-15/h1-7H,(H,17,18)(H,16,19,20). The first-order valence-electron chi connectivity index (χ1n) is 6.33. The van der Waals surface area contributed by atoms with Gasteiger partial charge in [0.05, 0.1) is 22.3 Å². The summed E-state index contributed by atoms with van der Waals surface area (Å²) in [5, 5.41) is 3.34. The minimum Gasteiger partial charge on any atom is -0.333 e. The Morgan fingerprint density at radius 1 is 1.05 bits per heavy atom. The fourth-order valence-corrected chi connectivity index (χ4v) is 3.12. The van der Waals surface area contributed by atoms with E-state index in [2.05, 4.69) is 15.3 Å². The van der Waals surface area contributed by atoms with Crippen LogP contribution in [0.5, 0.6) is 0 Å². The number of hydrogen-bond acceptors (Lipinski definition) is 4. The van der Waals surface area contributed by atoms with Gasteiger partial charge in [-0.2, -0.15) is 0 Å². The van der Waals surface area contributed by atoms with Crippen LogP contribution in [0.3, 0.4) is 0 Å². The van der Waals surface area contributed by atoms with E-state index in [4.69, 9.17) is 0 Å². The van der Waals surface area contributed by atoms with Gasteiger partial charge >= 0.3 is 0 Å². The lowest BCUT2D eigenvalue weighted by Crippen LogP contribution is -2.12. The maximum atomic E-state index is 11.5. The maximum Gasteiger partial charge on any atom is 0.296 e. The largest absolute Gasteiger partial charge is 0.333 e. The van der Waals surface area contributed by atoms with Crippen LogP contribution in [-0.4, -0.2) is 21.7 Å². The molecule has 102 valence electrons. The van der Waals surface area contributed by atoms with Crippen molar-refractivity contribution >= 4 is 40.2 Å². The van der Waals surface area contributed by atoms with Crippen molar-refractivity contribution in [3.63, 3.8) is 0 Å². The number of anilines is 1. The Bertz CT molecular complexity index is 868. The minimum atomic E-state index is -0.573. The third kappa shape index (κ3) is 2.00. The van der Waals surface area contributed by atoms with Crippen molar-refractivity contribution < 1.29 is 9.59 Å². The van der Waals surface area contributed by atoms with E-state index in [0.717, 1.165) is 21.1 Å². The lowest BCUT2D eigenvalue weighted by molar-refractivity contribution is -0.112. The summed E-state index contributed by atoms with van der Waals surface area (Å²) in [6, 6.07) is 13.1. The molecule has 2 heterocycles. The first kappa shape index (κ1) is 12.2. The van der Waals surface area contributed by atoms with E-state index in [1.165, 1.54) is 11.8 Å². The van der Waals surface area contributed by atoms with Gasteiger partial charge in [0.25, 0.3) is 11.7 Å². The summed E-state index contributed by atoms with van der Waals surface area (Å²) in [6.45, 7) is 0. The number of fused-ring (bicyclic) bond motifs is 2. The number of nitrogens with one attached hydrogen (secondary N) is 2. The third-order valence-electron chi connectivity index (χ3n) is 3.27. The van der Waals surface area contributed by atoms with E-state index in [1.807, 2.05) is 30.3 Å². The number of hydrogen-bond donors (Lipinski definition) is 2. The SMILES string of the molecule is O=C1Nc2cc(Sc3nc4ccccc4[nH]3)ccc2C1=O. The maximum absolute atomic E-state index is 11.5. The second kappa shape index (κ2) is 4.46. The molecule has 5 nitrogen and oxygen atoms in total. The number of aromatic nitrogens is 2. The summed E-state index contributed by atoms with van der Waals surface area (Å²) in [7, 11) is 0. The normalized spacial score (nSPS) is 13.5. The van der Waals surface area contributed by atoms with Gasteiger partial charge < -0.3 is 10.3 Å². The van der Waals surface area contributed by atoms with E-state index >= 15 is 0 Å². The van der Waals surface area contributed by atoms with Crippen molar-refractivity contribution in [3.05, 3.63) is 48.0 Å². The average Bonchev–Trinajstić information content (AvgIpc) is 3.00. The number of H-pyrrole nitrogens is 1. The smallest absolute Gasteiger partial charge is 0.296 e. The topological polar surface area (TPSA) is 74.8 Å². The van der Waals surface area contributed by atoms with Crippen molar-refractivity contribution in [1.29, 1.82) is 0 Å². The Morgan fingerprint density at radius 2 is 1.90 bits per heavy atom. The molecule has 0 saturated carbocycles. The first-order valence-corrected chi connectivity index (χ1v) is 7.15. The van der Waals surface area contributed by atoms with Gasteiger partial charge in [-0.05, 0) is 30.3 Å². The van der Waals surface area contributed by atoms with Gasteiger partial charge in [0.1, 0.15) is 0 Å². The molecule has 2 N–H and O–H groups in total. The van der Waals surface area contributed by atoms with Crippen LogP contribution < -0.4 is 5.32 Å². The van der Waals surface area contributed by atoms with Crippen molar-refractivity contribution in [2.75, 3.05) is 5.32 Å². The molecule has 0 atom stereocenters. The average molecular weight is 295 g/mol. The number of rotatable bonds is 2. The van der Waals surface area contributed by atoms with E-state index in [0.29, 0.717) is 11.3 Å². The Balaban J connectivity index is 1.67. The van der Waals surface area contributed by atoms with Crippen molar-refractivity contribution in [3.8, 4) is 0 Å². The summed E-state index contributed by atoms with van der Waals surface area (Å²) in [6.07, 6.45) is 0. The number of imidazole rings is 1. The van der Waals surface area contributed by atoms with Gasteiger partial charge in [-0.25, -0.2) is 4.98 Å². The molecule has 0 aliphatic carbocycles. The highest BCUT2D eigenvalue weighted by Crippen LogP contribution is 2.32. The molecule has 1 aliphatic heterocycles. The van der Waals surface area contributed by atoms with E-state index in [-0.39, 0.29) is 0 Å². The molecule has 1 aliphatic rings. The van der Waals surface area contributed by atoms with Crippen LogP contribution >= 0.6 is 11.8 Å². The molecule has 3 aromatic rings. The third-order valence-corrected chi connectivity index (χ3v) is 4.15. The molecule has 0 unspecified atom stereocenters. The number of carbonyl (C=O) groups excluding carboxylic acids is 2. The molecule has 4 rings (SSSR count). The number of para-hydroxylation sites is 2. The number of Topliss-reactive ketones (excluding diaryl/α,β-unsaturated/α-hetero) is 1. The monoisotopic (exact) mass is 295 g/mol. The fraction of sp³-hybridized carbons (Fsp3) is 0. The zero-order valence-corrected chi connectivity index (χ0v) is 11.5. The first-order chi connectivity index (χ1) is 10.2. The van der Waals surface area contributed by atoms with Crippen molar-refractivity contribution in [1.82, 2.24) is 9.97 Å². The van der Waals surface area contributed by atoms with E-state index < -0.39 is 11.7 Å². The summed E-state index contributed by atoms with van der Waals surface area (Å²) < 4.78 is 0. The molecule has 0 radical (unpaired) electrons. The lowest BCUT2D eigenvalue weighted by Gasteiger charge is -2.01. The van der Waals surface area contributed by atoms with Gasteiger partial charge in [0.15, 0.2) is 5.16 Å². The van der Waals surface area contributed by atoms with Crippen LogP contribution in [0.2, 0.25) is 0 Å². The van der Waals surface area contributed by atoms with Gasteiger partial charge in [-0.1, -0.05) is 23.9 Å². The van der Waals surface area contributed by atoms with Crippen LogP contribution in [0.15, 0.2) is 52.5 Å². The second-order valence-electron chi connectivity index (χ2n) is 4.65. The highest BCUT2D eigenvalue weighted by molar-refractivity contribution is 7.99. The molecular weight excluding hydrogens is 286 g/mol. The number of aromatic amines is 1. The predicted octanol–water partition coefficient (Wildman–Crippen LogP) is 2.85. The van der Waals surface area contributed by atoms with Gasteiger partial charge in [0.2, 0.25) is 0 Å². The summed E-state index contributed by atoms with van der Waals surface area (Å²) in [5.41, 5.74) is 2.87. The van der Waals surface area contributed by atoms with Crippen LogP contribution in [0.1, 0.15) is 10.4 Å². The molecule has 6 heteroatoms. The fourth-order valence-electron chi connectivity index (χ4n) is 2.28. The molecule has 2 aromatic carbocycles. The lowest BCUT2D eigenvalue weighted by atomic mass is 10.1. The molecule has 0 bridgehead atoms. The Morgan fingerprint density at radius 3 is 2.76 bits per heavy atom. The molecular formula is C15H9N3O2S.